The second kappa shape index (κ2) is 7.20. The number of amides is 1. The quantitative estimate of drug-likeness (QED) is 0.536. The van der Waals surface area contributed by atoms with E-state index in [1.165, 1.54) is 7.11 Å². The van der Waals surface area contributed by atoms with Crippen LogP contribution in [0.25, 0.3) is 0 Å². The van der Waals surface area contributed by atoms with Gasteiger partial charge in [-0.25, -0.2) is 4.79 Å². The Hall–Kier alpha value is -2.47. The molecule has 0 spiro atoms. The maximum absolute atomic E-state index is 11.6. The minimum atomic E-state index is -0.857. The molecule has 0 saturated heterocycles. The number of hydrogen-bond donors (Lipinski definition) is 1. The summed E-state index contributed by atoms with van der Waals surface area (Å²) in [6, 6.07) is 10.8. The van der Waals surface area contributed by atoms with Crippen molar-refractivity contribution in [3.8, 4) is 5.75 Å². The van der Waals surface area contributed by atoms with E-state index in [9.17, 15) is 10.0 Å². The highest BCUT2D eigenvalue weighted by Crippen LogP contribution is 2.26. The summed E-state index contributed by atoms with van der Waals surface area (Å²) in [4.78, 5) is 11.6. The summed E-state index contributed by atoms with van der Waals surface area (Å²) >= 11 is 0. The number of rotatable bonds is 4. The molecule has 118 valence electrons. The summed E-state index contributed by atoms with van der Waals surface area (Å²) in [5, 5.41) is 10.5. The van der Waals surface area contributed by atoms with Gasteiger partial charge >= 0.3 is 6.09 Å². The Morgan fingerprint density at radius 1 is 1.22 bits per heavy atom. The standard InChI is InChI=1S/C17H18BNO4/c1-11-5-4-6-13(16(11)19(21)17(20)22-3)10-23-15-8-7-14(18)9-12(15)2/h4-9,21H,10H2,1-3H3. The maximum atomic E-state index is 11.6. The lowest BCUT2D eigenvalue weighted by molar-refractivity contribution is 0.140. The summed E-state index contributed by atoms with van der Waals surface area (Å²) in [5.41, 5.74) is 3.32. The van der Waals surface area contributed by atoms with Gasteiger partial charge in [0, 0.05) is 5.56 Å². The molecule has 2 aromatic rings. The largest absolute Gasteiger partial charge is 0.489 e. The number of ether oxygens (including phenoxy) is 2. The molecule has 1 N–H and O–H groups in total. The summed E-state index contributed by atoms with van der Waals surface area (Å²) in [7, 11) is 6.93. The van der Waals surface area contributed by atoms with Crippen LogP contribution >= 0.6 is 0 Å². The molecule has 0 atom stereocenters. The lowest BCUT2D eigenvalue weighted by atomic mass is 9.94. The van der Waals surface area contributed by atoms with Crippen LogP contribution in [0.4, 0.5) is 10.5 Å². The predicted molar refractivity (Wildman–Crippen MR) is 88.7 cm³/mol. The molecule has 2 aromatic carbocycles. The first kappa shape index (κ1) is 16.9. The monoisotopic (exact) mass is 311 g/mol. The Bertz CT molecular complexity index is 718. The number of nitrogens with zero attached hydrogens (tertiary/aromatic N) is 1. The van der Waals surface area contributed by atoms with Crippen molar-refractivity contribution in [3.05, 3.63) is 53.1 Å². The van der Waals surface area contributed by atoms with Gasteiger partial charge in [0.1, 0.15) is 20.2 Å². The van der Waals surface area contributed by atoms with Crippen LogP contribution in [0.1, 0.15) is 16.7 Å². The van der Waals surface area contributed by atoms with Crippen molar-refractivity contribution < 1.29 is 19.5 Å². The molecule has 0 saturated carbocycles. The minimum Gasteiger partial charge on any atom is -0.489 e. The van der Waals surface area contributed by atoms with Crippen molar-refractivity contribution in [1.82, 2.24) is 0 Å². The third-order valence-electron chi connectivity index (χ3n) is 3.46. The first-order valence-corrected chi connectivity index (χ1v) is 7.08. The Labute approximate surface area is 136 Å². The summed E-state index contributed by atoms with van der Waals surface area (Å²) in [5.74, 6) is 0.689. The van der Waals surface area contributed by atoms with E-state index >= 15 is 0 Å². The second-order valence-corrected chi connectivity index (χ2v) is 5.18. The summed E-state index contributed by atoms with van der Waals surface area (Å²) in [6.45, 7) is 3.88. The van der Waals surface area contributed by atoms with Gasteiger partial charge in [0.2, 0.25) is 0 Å². The van der Waals surface area contributed by atoms with Gasteiger partial charge in [0.15, 0.2) is 0 Å². The number of carbonyl (C=O) groups excluding carboxylic acids is 1. The fourth-order valence-corrected chi connectivity index (χ4v) is 2.31. The Morgan fingerprint density at radius 2 is 1.96 bits per heavy atom. The maximum Gasteiger partial charge on any atom is 0.438 e. The molecule has 0 unspecified atom stereocenters. The van der Waals surface area contributed by atoms with Crippen LogP contribution in [0.5, 0.6) is 5.75 Å². The van der Waals surface area contributed by atoms with Gasteiger partial charge in [-0.05, 0) is 31.0 Å². The molecule has 6 heteroatoms. The van der Waals surface area contributed by atoms with Crippen molar-refractivity contribution in [1.29, 1.82) is 0 Å². The Balaban J connectivity index is 2.26. The number of benzene rings is 2. The molecular formula is C17H18BNO4. The van der Waals surface area contributed by atoms with E-state index in [0.29, 0.717) is 27.5 Å². The van der Waals surface area contributed by atoms with Gasteiger partial charge in [-0.2, -0.15) is 5.06 Å². The molecule has 0 aliphatic rings. The van der Waals surface area contributed by atoms with Gasteiger partial charge < -0.3 is 9.47 Å². The van der Waals surface area contributed by atoms with Gasteiger partial charge in [-0.15, -0.1) is 0 Å². The number of aryl methyl sites for hydroxylation is 2. The van der Waals surface area contributed by atoms with Crippen molar-refractivity contribution in [2.45, 2.75) is 20.5 Å². The number of carbonyl (C=O) groups is 1. The molecule has 0 fully saturated rings. The van der Waals surface area contributed by atoms with E-state index in [1.54, 1.807) is 31.2 Å². The van der Waals surface area contributed by atoms with Crippen LogP contribution in [0, 0.1) is 13.8 Å². The third kappa shape index (κ3) is 3.84. The van der Waals surface area contributed by atoms with Gasteiger partial charge in [-0.1, -0.05) is 35.8 Å². The Kier molecular flexibility index (Phi) is 5.29. The smallest absolute Gasteiger partial charge is 0.438 e. The van der Waals surface area contributed by atoms with E-state index in [4.69, 9.17) is 12.6 Å². The average molecular weight is 311 g/mol. The van der Waals surface area contributed by atoms with E-state index in [1.807, 2.05) is 19.1 Å². The molecule has 0 aliphatic carbocycles. The molecule has 2 radical (unpaired) electrons. The van der Waals surface area contributed by atoms with Crippen LogP contribution in [-0.2, 0) is 11.3 Å². The van der Waals surface area contributed by atoms with E-state index < -0.39 is 6.09 Å². The van der Waals surface area contributed by atoms with E-state index in [0.717, 1.165) is 11.1 Å². The fourth-order valence-electron chi connectivity index (χ4n) is 2.31. The predicted octanol–water partition coefficient (Wildman–Crippen LogP) is 2.64. The van der Waals surface area contributed by atoms with Gasteiger partial charge in [0.25, 0.3) is 0 Å². The number of para-hydroxylation sites is 1. The number of hydroxylamine groups is 1. The second-order valence-electron chi connectivity index (χ2n) is 5.18. The molecule has 0 bridgehead atoms. The first-order chi connectivity index (χ1) is 10.9. The van der Waals surface area contributed by atoms with Crippen molar-refractivity contribution in [2.75, 3.05) is 12.2 Å². The lowest BCUT2D eigenvalue weighted by Crippen LogP contribution is -2.28. The zero-order valence-corrected chi connectivity index (χ0v) is 13.4. The highest BCUT2D eigenvalue weighted by molar-refractivity contribution is 6.32. The number of methoxy groups -OCH3 is 1. The van der Waals surface area contributed by atoms with Crippen LogP contribution in [-0.4, -0.2) is 26.3 Å². The number of hydrogen-bond acceptors (Lipinski definition) is 4. The average Bonchev–Trinajstić information content (AvgIpc) is 2.52. The highest BCUT2D eigenvalue weighted by Gasteiger charge is 2.19. The molecule has 1 amide bonds. The van der Waals surface area contributed by atoms with Crippen LogP contribution in [0.3, 0.4) is 0 Å². The van der Waals surface area contributed by atoms with Crippen LogP contribution in [0.2, 0.25) is 0 Å². The van der Waals surface area contributed by atoms with Gasteiger partial charge in [0.05, 0.1) is 12.8 Å². The van der Waals surface area contributed by atoms with E-state index in [-0.39, 0.29) is 6.61 Å². The lowest BCUT2D eigenvalue weighted by Gasteiger charge is -2.20. The highest BCUT2D eigenvalue weighted by atomic mass is 16.6. The molecule has 0 heterocycles. The normalized spacial score (nSPS) is 10.3. The Morgan fingerprint density at radius 3 is 2.61 bits per heavy atom. The first-order valence-electron chi connectivity index (χ1n) is 7.08. The van der Waals surface area contributed by atoms with Crippen molar-refractivity contribution >= 4 is 25.1 Å². The summed E-state index contributed by atoms with van der Waals surface area (Å²) < 4.78 is 10.3. The SMILES string of the molecule is [B]c1ccc(OCc2cccc(C)c2N(O)C(=O)OC)c(C)c1. The summed E-state index contributed by atoms with van der Waals surface area (Å²) in [6.07, 6.45) is -0.857. The van der Waals surface area contributed by atoms with E-state index in [2.05, 4.69) is 4.74 Å². The van der Waals surface area contributed by atoms with Crippen LogP contribution in [0.15, 0.2) is 36.4 Å². The molecular weight excluding hydrogens is 293 g/mol. The zero-order chi connectivity index (χ0) is 17.0. The zero-order valence-electron chi connectivity index (χ0n) is 13.4. The fraction of sp³-hybridized carbons (Fsp3) is 0.235. The van der Waals surface area contributed by atoms with Crippen molar-refractivity contribution in [2.24, 2.45) is 0 Å². The minimum absolute atomic E-state index is 0.190. The molecule has 0 aliphatic heterocycles. The topological polar surface area (TPSA) is 59.0 Å². The molecule has 0 aromatic heterocycles. The van der Waals surface area contributed by atoms with Crippen LogP contribution < -0.4 is 15.3 Å². The molecule has 23 heavy (non-hydrogen) atoms. The number of anilines is 1. The van der Waals surface area contributed by atoms with Crippen molar-refractivity contribution in [3.63, 3.8) is 0 Å². The molecule has 2 rings (SSSR count). The van der Waals surface area contributed by atoms with Gasteiger partial charge in [-0.3, -0.25) is 5.21 Å². The molecule has 5 nitrogen and oxygen atoms in total. The third-order valence-corrected chi connectivity index (χ3v) is 3.46.